The second kappa shape index (κ2) is 5.03. The van der Waals surface area contributed by atoms with Gasteiger partial charge in [-0.25, -0.2) is 4.79 Å². The minimum Gasteiger partial charge on any atom is -0.509 e. The van der Waals surface area contributed by atoms with Crippen molar-refractivity contribution in [2.24, 2.45) is 39.9 Å². The molecular weight excluding hydrogens is 316 g/mol. The molecule has 4 nitrogen and oxygen atoms in total. The van der Waals surface area contributed by atoms with Crippen LogP contribution in [0.15, 0.2) is 11.3 Å². The summed E-state index contributed by atoms with van der Waals surface area (Å²) in [5, 5.41) is 31.5. The molecule has 0 aliphatic heterocycles. The Bertz CT molecular complexity index is 646. The van der Waals surface area contributed by atoms with Crippen LogP contribution in [0.2, 0.25) is 0 Å². The lowest BCUT2D eigenvalue weighted by atomic mass is 9.40. The number of fused-ring (bicyclic) bond motifs is 3. The molecule has 0 aromatic carbocycles. The SMILES string of the molecule is C[C@@H]1C[C@]23CC[C@H]4C(C)(C)C(C(=O)O)=C(O)C(O)[C@]4(C)[C@H]2CC[C@@H]1C3. The molecule has 4 heteroatoms. The van der Waals surface area contributed by atoms with Gasteiger partial charge in [-0.15, -0.1) is 0 Å². The van der Waals surface area contributed by atoms with Crippen LogP contribution in [-0.2, 0) is 4.79 Å². The fraction of sp³-hybridized carbons (Fsp3) is 0.857. The standard InChI is InChI=1S/C21H32O4/c1-11-9-21-8-7-13-19(2,3)15(18(24)25)16(22)17(23)20(13,4)14(21)6-5-12(11)10-21/h11-14,17,22-23H,5-10H2,1-4H3,(H,24,25)/t11-,12-,13+,14-,17?,20+,21+/m1/s1. The van der Waals surface area contributed by atoms with Gasteiger partial charge in [0.05, 0.1) is 5.57 Å². The van der Waals surface area contributed by atoms with Crippen LogP contribution in [-0.4, -0.2) is 27.4 Å². The molecule has 0 radical (unpaired) electrons. The van der Waals surface area contributed by atoms with E-state index in [-0.39, 0.29) is 22.7 Å². The highest BCUT2D eigenvalue weighted by Gasteiger charge is 2.68. The molecule has 140 valence electrons. The van der Waals surface area contributed by atoms with Gasteiger partial charge >= 0.3 is 5.97 Å². The molecular formula is C21H32O4. The molecule has 0 aromatic rings. The van der Waals surface area contributed by atoms with E-state index in [1.807, 2.05) is 13.8 Å². The summed E-state index contributed by atoms with van der Waals surface area (Å²) in [7, 11) is 0. The number of carbonyl (C=O) groups is 1. The molecule has 3 fully saturated rings. The summed E-state index contributed by atoms with van der Waals surface area (Å²) in [6.07, 6.45) is 5.82. The largest absolute Gasteiger partial charge is 0.509 e. The maximum Gasteiger partial charge on any atom is 0.335 e. The van der Waals surface area contributed by atoms with Gasteiger partial charge in [0, 0.05) is 10.8 Å². The minimum atomic E-state index is -1.10. The maximum atomic E-state index is 11.8. The molecule has 25 heavy (non-hydrogen) atoms. The van der Waals surface area contributed by atoms with E-state index < -0.39 is 22.9 Å². The smallest absolute Gasteiger partial charge is 0.335 e. The highest BCUT2D eigenvalue weighted by atomic mass is 16.4. The van der Waals surface area contributed by atoms with E-state index >= 15 is 0 Å². The van der Waals surface area contributed by atoms with Gasteiger partial charge in [-0.3, -0.25) is 0 Å². The second-order valence-electron chi connectivity index (χ2n) is 10.3. The lowest BCUT2D eigenvalue weighted by Crippen LogP contribution is -2.62. The van der Waals surface area contributed by atoms with Crippen LogP contribution in [0.3, 0.4) is 0 Å². The number of hydrogen-bond acceptors (Lipinski definition) is 3. The van der Waals surface area contributed by atoms with Crippen molar-refractivity contribution in [3.05, 3.63) is 11.3 Å². The van der Waals surface area contributed by atoms with Gasteiger partial charge in [-0.05, 0) is 67.6 Å². The monoisotopic (exact) mass is 348 g/mol. The summed E-state index contributed by atoms with van der Waals surface area (Å²) in [6.45, 7) is 8.40. The molecule has 7 atom stereocenters. The zero-order valence-corrected chi connectivity index (χ0v) is 15.9. The fourth-order valence-corrected chi connectivity index (χ4v) is 8.15. The Morgan fingerprint density at radius 3 is 2.40 bits per heavy atom. The fourth-order valence-electron chi connectivity index (χ4n) is 8.15. The maximum absolute atomic E-state index is 11.8. The average Bonchev–Trinajstić information content (AvgIpc) is 2.74. The lowest BCUT2D eigenvalue weighted by molar-refractivity contribution is -0.179. The number of aliphatic carboxylic acids is 1. The van der Waals surface area contributed by atoms with Crippen LogP contribution in [0.5, 0.6) is 0 Å². The Kier molecular flexibility index (Phi) is 3.50. The zero-order chi connectivity index (χ0) is 18.4. The first-order valence-electron chi connectivity index (χ1n) is 9.90. The number of aliphatic hydroxyl groups is 2. The molecule has 3 N–H and O–H groups in total. The van der Waals surface area contributed by atoms with E-state index in [9.17, 15) is 20.1 Å². The minimum absolute atomic E-state index is 0.0203. The van der Waals surface area contributed by atoms with Crippen LogP contribution in [0, 0.1) is 39.9 Å². The first-order chi connectivity index (χ1) is 11.6. The summed E-state index contributed by atoms with van der Waals surface area (Å²) in [5.74, 6) is 0.622. The molecule has 4 rings (SSSR count). The molecule has 0 heterocycles. The number of aliphatic hydroxyl groups excluding tert-OH is 2. The van der Waals surface area contributed by atoms with Gasteiger partial charge in [-0.2, -0.15) is 0 Å². The highest BCUT2D eigenvalue weighted by Crippen LogP contribution is 2.72. The number of carboxylic acids is 1. The molecule has 4 aliphatic carbocycles. The lowest BCUT2D eigenvalue weighted by Gasteiger charge is -2.64. The molecule has 1 unspecified atom stereocenters. The van der Waals surface area contributed by atoms with Gasteiger partial charge in [0.1, 0.15) is 11.9 Å². The topological polar surface area (TPSA) is 77.8 Å². The van der Waals surface area contributed by atoms with E-state index in [1.165, 1.54) is 19.3 Å². The van der Waals surface area contributed by atoms with E-state index in [4.69, 9.17) is 0 Å². The average molecular weight is 348 g/mol. The highest BCUT2D eigenvalue weighted by molar-refractivity contribution is 5.89. The Morgan fingerprint density at radius 1 is 1.08 bits per heavy atom. The Hall–Kier alpha value is -1.03. The first kappa shape index (κ1) is 17.4. The van der Waals surface area contributed by atoms with Crippen molar-refractivity contribution in [3.8, 4) is 0 Å². The summed E-state index contributed by atoms with van der Waals surface area (Å²) < 4.78 is 0. The third kappa shape index (κ3) is 1.95. The van der Waals surface area contributed by atoms with E-state index in [1.54, 1.807) is 0 Å². The number of hydrogen-bond donors (Lipinski definition) is 3. The normalized spacial score (nSPS) is 51.0. The van der Waals surface area contributed by atoms with Crippen LogP contribution >= 0.6 is 0 Å². The van der Waals surface area contributed by atoms with Crippen LogP contribution < -0.4 is 0 Å². The summed E-state index contributed by atoms with van der Waals surface area (Å²) in [5.41, 5.74) is -0.773. The zero-order valence-electron chi connectivity index (χ0n) is 15.9. The van der Waals surface area contributed by atoms with Gasteiger partial charge in [0.25, 0.3) is 0 Å². The first-order valence-corrected chi connectivity index (χ1v) is 9.90. The molecule has 4 aliphatic rings. The Labute approximate surface area is 150 Å². The molecule has 0 amide bonds. The van der Waals surface area contributed by atoms with Crippen molar-refractivity contribution in [3.63, 3.8) is 0 Å². The van der Waals surface area contributed by atoms with Gasteiger partial charge in [0.15, 0.2) is 0 Å². The number of carboxylic acid groups (broad SMARTS) is 1. The van der Waals surface area contributed by atoms with E-state index in [0.717, 1.165) is 31.1 Å². The molecule has 1 spiro atoms. The van der Waals surface area contributed by atoms with Crippen LogP contribution in [0.4, 0.5) is 0 Å². The summed E-state index contributed by atoms with van der Waals surface area (Å²) in [6, 6.07) is 0. The predicted octanol–water partition coefficient (Wildman–Crippen LogP) is 4.14. The summed E-state index contributed by atoms with van der Waals surface area (Å²) >= 11 is 0. The van der Waals surface area contributed by atoms with Gasteiger partial charge in [-0.1, -0.05) is 27.7 Å². The summed E-state index contributed by atoms with van der Waals surface area (Å²) in [4.78, 5) is 11.8. The molecule has 0 aromatic heterocycles. The van der Waals surface area contributed by atoms with Crippen molar-refractivity contribution < 1.29 is 20.1 Å². The van der Waals surface area contributed by atoms with Gasteiger partial charge in [0.2, 0.25) is 0 Å². The van der Waals surface area contributed by atoms with Crippen LogP contribution in [0.1, 0.15) is 66.2 Å². The van der Waals surface area contributed by atoms with Crippen molar-refractivity contribution in [1.82, 2.24) is 0 Å². The third-order valence-corrected chi connectivity index (χ3v) is 9.03. The van der Waals surface area contributed by atoms with Crippen molar-refractivity contribution in [2.45, 2.75) is 72.3 Å². The molecule has 3 saturated carbocycles. The number of rotatable bonds is 1. The van der Waals surface area contributed by atoms with Gasteiger partial charge < -0.3 is 15.3 Å². The quantitative estimate of drug-likeness (QED) is 0.665. The van der Waals surface area contributed by atoms with E-state index in [0.29, 0.717) is 5.92 Å². The van der Waals surface area contributed by atoms with Crippen LogP contribution in [0.25, 0.3) is 0 Å². The Morgan fingerprint density at radius 2 is 1.76 bits per heavy atom. The third-order valence-electron chi connectivity index (χ3n) is 9.03. The Balaban J connectivity index is 1.85. The predicted molar refractivity (Wildman–Crippen MR) is 95.0 cm³/mol. The van der Waals surface area contributed by atoms with E-state index in [2.05, 4.69) is 13.8 Å². The second-order valence-corrected chi connectivity index (χ2v) is 10.3. The van der Waals surface area contributed by atoms with Crippen molar-refractivity contribution in [1.29, 1.82) is 0 Å². The van der Waals surface area contributed by atoms with Crippen molar-refractivity contribution in [2.75, 3.05) is 0 Å². The molecule has 0 saturated heterocycles. The van der Waals surface area contributed by atoms with Crippen molar-refractivity contribution >= 4 is 5.97 Å². The molecule has 2 bridgehead atoms.